The van der Waals surface area contributed by atoms with E-state index in [-0.39, 0.29) is 11.3 Å². The van der Waals surface area contributed by atoms with Crippen LogP contribution in [0.3, 0.4) is 0 Å². The highest BCUT2D eigenvalue weighted by Gasteiger charge is 2.20. The molecule has 0 aliphatic heterocycles. The van der Waals surface area contributed by atoms with Gasteiger partial charge in [-0.15, -0.1) is 0 Å². The molecule has 0 aromatic carbocycles. The van der Waals surface area contributed by atoms with Crippen LogP contribution in [0.5, 0.6) is 0 Å². The molecule has 6 nitrogen and oxygen atoms in total. The molecule has 7 heteroatoms. The van der Waals surface area contributed by atoms with E-state index in [2.05, 4.69) is 4.98 Å². The first kappa shape index (κ1) is 15.7. The van der Waals surface area contributed by atoms with Gasteiger partial charge in [-0.1, -0.05) is 11.8 Å². The molecule has 0 bridgehead atoms. The summed E-state index contributed by atoms with van der Waals surface area (Å²) in [6, 6.07) is 1.35. The van der Waals surface area contributed by atoms with Gasteiger partial charge in [0, 0.05) is 18.9 Å². The summed E-state index contributed by atoms with van der Waals surface area (Å²) in [5.41, 5.74) is -0.789. The summed E-state index contributed by atoms with van der Waals surface area (Å²) in [6.45, 7) is 6.85. The van der Waals surface area contributed by atoms with Crippen molar-refractivity contribution in [2.45, 2.75) is 38.1 Å². The van der Waals surface area contributed by atoms with E-state index in [0.29, 0.717) is 18.3 Å². The van der Waals surface area contributed by atoms with Crippen LogP contribution in [-0.2, 0) is 16.1 Å². The van der Waals surface area contributed by atoms with Gasteiger partial charge in [0.25, 0.3) is 5.56 Å². The average Bonchev–Trinajstić information content (AvgIpc) is 2.29. The lowest BCUT2D eigenvalue weighted by Crippen LogP contribution is -2.32. The van der Waals surface area contributed by atoms with Gasteiger partial charge in [-0.05, 0) is 20.8 Å². The van der Waals surface area contributed by atoms with Crippen LogP contribution in [0.15, 0.2) is 22.2 Å². The molecular formula is C12H18N2O4S. The first-order valence-electron chi connectivity index (χ1n) is 5.90. The van der Waals surface area contributed by atoms with Gasteiger partial charge < -0.3 is 14.4 Å². The Morgan fingerprint density at radius 1 is 1.58 bits per heavy atom. The van der Waals surface area contributed by atoms with Gasteiger partial charge in [0.05, 0.1) is 17.9 Å². The fourth-order valence-electron chi connectivity index (χ4n) is 1.62. The standard InChI is InChI=1S/C12H18N2O4S/c1-4-18-12(2,3)8-14-6-5-9(15)13-11(14)19-7-10(16)17/h5-6H,4,7-8H2,1-3H3,(H,16,17). The Kier molecular flexibility index (Phi) is 5.56. The van der Waals surface area contributed by atoms with E-state index < -0.39 is 11.6 Å². The number of carbonyl (C=O) groups is 1. The number of carboxylic acids is 1. The van der Waals surface area contributed by atoms with Crippen molar-refractivity contribution in [2.75, 3.05) is 12.4 Å². The first-order valence-corrected chi connectivity index (χ1v) is 6.88. The second-order valence-electron chi connectivity index (χ2n) is 4.55. The fourth-order valence-corrected chi connectivity index (χ4v) is 2.32. The molecule has 0 fully saturated rings. The number of rotatable bonds is 7. The summed E-state index contributed by atoms with van der Waals surface area (Å²) in [4.78, 5) is 25.7. The van der Waals surface area contributed by atoms with Gasteiger partial charge in [0.15, 0.2) is 5.16 Å². The SMILES string of the molecule is CCOC(C)(C)Cn1ccc(=O)nc1SCC(=O)O. The number of nitrogens with zero attached hydrogens (tertiary/aromatic N) is 2. The summed E-state index contributed by atoms with van der Waals surface area (Å²) >= 11 is 1.02. The third kappa shape index (κ3) is 5.44. The Hall–Kier alpha value is -1.34. The quantitative estimate of drug-likeness (QED) is 0.600. The number of hydrogen-bond donors (Lipinski definition) is 1. The Balaban J connectivity index is 2.93. The van der Waals surface area contributed by atoms with Crippen LogP contribution in [0.2, 0.25) is 0 Å². The zero-order chi connectivity index (χ0) is 14.5. The van der Waals surface area contributed by atoms with E-state index >= 15 is 0 Å². The van der Waals surface area contributed by atoms with Gasteiger partial charge in [-0.2, -0.15) is 4.98 Å². The van der Waals surface area contributed by atoms with Crippen LogP contribution in [0.1, 0.15) is 20.8 Å². The Morgan fingerprint density at radius 3 is 2.84 bits per heavy atom. The van der Waals surface area contributed by atoms with Crippen molar-refractivity contribution in [3.8, 4) is 0 Å². The molecule has 0 radical (unpaired) electrons. The van der Waals surface area contributed by atoms with Crippen molar-refractivity contribution in [3.05, 3.63) is 22.6 Å². The zero-order valence-electron chi connectivity index (χ0n) is 11.3. The summed E-state index contributed by atoms with van der Waals surface area (Å²) < 4.78 is 7.33. The number of hydrogen-bond acceptors (Lipinski definition) is 5. The van der Waals surface area contributed by atoms with Crippen molar-refractivity contribution in [2.24, 2.45) is 0 Å². The second kappa shape index (κ2) is 6.72. The minimum atomic E-state index is -0.946. The van der Waals surface area contributed by atoms with Crippen LogP contribution >= 0.6 is 11.8 Å². The fraction of sp³-hybridized carbons (Fsp3) is 0.583. The van der Waals surface area contributed by atoms with E-state index in [4.69, 9.17) is 9.84 Å². The highest BCUT2D eigenvalue weighted by atomic mass is 32.2. The molecule has 0 amide bonds. The predicted octanol–water partition coefficient (Wildman–Crippen LogP) is 1.24. The molecule has 0 saturated carbocycles. The molecular weight excluding hydrogens is 268 g/mol. The Labute approximate surface area is 115 Å². The molecule has 0 spiro atoms. The van der Waals surface area contributed by atoms with Gasteiger partial charge in [-0.25, -0.2) is 0 Å². The van der Waals surface area contributed by atoms with Crippen LogP contribution in [0, 0.1) is 0 Å². The monoisotopic (exact) mass is 286 g/mol. The lowest BCUT2D eigenvalue weighted by molar-refractivity contribution is -0.133. The predicted molar refractivity (Wildman–Crippen MR) is 72.6 cm³/mol. The van der Waals surface area contributed by atoms with Crippen molar-refractivity contribution in [1.29, 1.82) is 0 Å². The summed E-state index contributed by atoms with van der Waals surface area (Å²) in [7, 11) is 0. The van der Waals surface area contributed by atoms with E-state index in [0.717, 1.165) is 11.8 Å². The van der Waals surface area contributed by atoms with E-state index in [9.17, 15) is 9.59 Å². The molecule has 1 heterocycles. The number of aromatic nitrogens is 2. The van der Waals surface area contributed by atoms with Crippen molar-refractivity contribution >= 4 is 17.7 Å². The maximum atomic E-state index is 11.3. The minimum absolute atomic E-state index is 0.133. The number of carboxylic acid groups (broad SMARTS) is 1. The lowest BCUT2D eigenvalue weighted by atomic mass is 10.1. The molecule has 1 aromatic rings. The smallest absolute Gasteiger partial charge is 0.313 e. The molecule has 0 atom stereocenters. The molecule has 19 heavy (non-hydrogen) atoms. The van der Waals surface area contributed by atoms with Crippen molar-refractivity contribution < 1.29 is 14.6 Å². The zero-order valence-corrected chi connectivity index (χ0v) is 12.1. The third-order valence-corrected chi connectivity index (χ3v) is 3.23. The van der Waals surface area contributed by atoms with Crippen LogP contribution in [-0.4, -0.2) is 38.6 Å². The van der Waals surface area contributed by atoms with Crippen molar-refractivity contribution in [1.82, 2.24) is 9.55 Å². The lowest BCUT2D eigenvalue weighted by Gasteiger charge is -2.26. The first-order chi connectivity index (χ1) is 8.84. The highest BCUT2D eigenvalue weighted by Crippen LogP contribution is 2.18. The molecule has 0 aliphatic carbocycles. The summed E-state index contributed by atoms with van der Waals surface area (Å²) in [5, 5.41) is 9.08. The summed E-state index contributed by atoms with van der Waals surface area (Å²) in [5.74, 6) is -1.08. The number of ether oxygens (including phenoxy) is 1. The molecule has 0 unspecified atom stereocenters. The Morgan fingerprint density at radius 2 is 2.26 bits per heavy atom. The molecule has 1 N–H and O–H groups in total. The summed E-state index contributed by atoms with van der Waals surface area (Å²) in [6.07, 6.45) is 1.61. The topological polar surface area (TPSA) is 81.4 Å². The Bertz CT molecular complexity index is 499. The van der Waals surface area contributed by atoms with Gasteiger partial charge in [0.1, 0.15) is 0 Å². The van der Waals surface area contributed by atoms with Gasteiger partial charge >= 0.3 is 5.97 Å². The maximum Gasteiger partial charge on any atom is 0.313 e. The van der Waals surface area contributed by atoms with Crippen LogP contribution in [0.25, 0.3) is 0 Å². The van der Waals surface area contributed by atoms with Gasteiger partial charge in [-0.3, -0.25) is 9.59 Å². The highest BCUT2D eigenvalue weighted by molar-refractivity contribution is 7.99. The molecule has 0 aliphatic rings. The van der Waals surface area contributed by atoms with E-state index in [1.807, 2.05) is 20.8 Å². The molecule has 1 rings (SSSR count). The van der Waals surface area contributed by atoms with E-state index in [1.54, 1.807) is 10.8 Å². The normalized spacial score (nSPS) is 11.5. The maximum absolute atomic E-state index is 11.3. The van der Waals surface area contributed by atoms with Crippen LogP contribution in [0.4, 0.5) is 0 Å². The minimum Gasteiger partial charge on any atom is -0.481 e. The van der Waals surface area contributed by atoms with Gasteiger partial charge in [0.2, 0.25) is 0 Å². The number of thioether (sulfide) groups is 1. The average molecular weight is 286 g/mol. The van der Waals surface area contributed by atoms with E-state index in [1.165, 1.54) is 6.07 Å². The molecule has 1 aromatic heterocycles. The largest absolute Gasteiger partial charge is 0.481 e. The van der Waals surface area contributed by atoms with Crippen molar-refractivity contribution in [3.63, 3.8) is 0 Å². The number of aliphatic carboxylic acids is 1. The van der Waals surface area contributed by atoms with Crippen LogP contribution < -0.4 is 5.56 Å². The molecule has 0 saturated heterocycles. The third-order valence-electron chi connectivity index (χ3n) is 2.26. The molecule has 106 valence electrons. The second-order valence-corrected chi connectivity index (χ2v) is 5.49.